The van der Waals surface area contributed by atoms with Crippen LogP contribution >= 0.6 is 11.3 Å². The lowest BCUT2D eigenvalue weighted by Gasteiger charge is -2.24. The van der Waals surface area contributed by atoms with Crippen molar-refractivity contribution >= 4 is 39.7 Å². The third kappa shape index (κ3) is 2.93. The number of nitrogens with one attached hydrogen (secondary N) is 1. The molecule has 0 aliphatic carbocycles. The van der Waals surface area contributed by atoms with Gasteiger partial charge in [0.25, 0.3) is 11.7 Å². The maximum Gasteiger partial charge on any atom is 0.295 e. The van der Waals surface area contributed by atoms with Gasteiger partial charge >= 0.3 is 0 Å². The molecule has 2 N–H and O–H groups in total. The second-order valence-electron chi connectivity index (χ2n) is 7.16. The molecule has 2 aromatic carbocycles. The number of hydrogen-bond acceptors (Lipinski definition) is 4. The summed E-state index contributed by atoms with van der Waals surface area (Å²) in [7, 11) is 0. The number of nitrogens with zero attached hydrogens (tertiary/aromatic N) is 1. The Hall–Kier alpha value is -3.64. The molecule has 0 spiro atoms. The first kappa shape index (κ1) is 18.4. The highest BCUT2D eigenvalue weighted by atomic mass is 32.1. The molecule has 1 fully saturated rings. The number of ketones is 1. The van der Waals surface area contributed by atoms with Crippen LogP contribution < -0.4 is 0 Å². The fourth-order valence-electron chi connectivity index (χ4n) is 4.01. The second kappa shape index (κ2) is 7.31. The van der Waals surface area contributed by atoms with Gasteiger partial charge in [-0.1, -0.05) is 54.6 Å². The number of carbonyl (C=O) groups excluding carboxylic acids is 2. The van der Waals surface area contributed by atoms with Crippen molar-refractivity contribution in [3.63, 3.8) is 0 Å². The lowest BCUT2D eigenvalue weighted by Crippen LogP contribution is -2.28. The minimum Gasteiger partial charge on any atom is -0.507 e. The summed E-state index contributed by atoms with van der Waals surface area (Å²) in [5, 5.41) is 14.0. The SMILES string of the molecule is O=C1C(=O)N(Cc2cccs2)C(c2ccccc2)/C1=C(/O)c1c[nH]c2ccccc12. The van der Waals surface area contributed by atoms with Crippen molar-refractivity contribution in [3.05, 3.63) is 99.9 Å². The maximum atomic E-state index is 13.1. The van der Waals surface area contributed by atoms with Crippen LogP contribution in [0, 0.1) is 0 Å². The number of benzene rings is 2. The van der Waals surface area contributed by atoms with Crippen LogP contribution in [-0.2, 0) is 16.1 Å². The molecule has 0 bridgehead atoms. The number of H-pyrrole nitrogens is 1. The molecule has 0 saturated carbocycles. The van der Waals surface area contributed by atoms with E-state index >= 15 is 0 Å². The van der Waals surface area contributed by atoms with Crippen molar-refractivity contribution in [2.45, 2.75) is 12.6 Å². The van der Waals surface area contributed by atoms with Gasteiger partial charge in [0.1, 0.15) is 5.76 Å². The molecule has 1 aliphatic heterocycles. The van der Waals surface area contributed by atoms with E-state index in [1.54, 1.807) is 11.1 Å². The van der Waals surface area contributed by atoms with Crippen LogP contribution in [0.25, 0.3) is 16.7 Å². The second-order valence-corrected chi connectivity index (χ2v) is 8.20. The number of aliphatic hydroxyl groups is 1. The molecular formula is C24H18N2O3S. The van der Waals surface area contributed by atoms with Gasteiger partial charge in [0.2, 0.25) is 0 Å². The molecule has 1 saturated heterocycles. The van der Waals surface area contributed by atoms with E-state index in [0.717, 1.165) is 21.3 Å². The van der Waals surface area contributed by atoms with Crippen LogP contribution in [0.2, 0.25) is 0 Å². The number of fused-ring (bicyclic) bond motifs is 1. The topological polar surface area (TPSA) is 73.4 Å². The van der Waals surface area contributed by atoms with Crippen LogP contribution in [0.5, 0.6) is 0 Å². The van der Waals surface area contributed by atoms with Gasteiger partial charge in [-0.05, 0) is 23.1 Å². The molecule has 1 atom stereocenters. The minimum atomic E-state index is -0.664. The van der Waals surface area contributed by atoms with E-state index < -0.39 is 17.7 Å². The Morgan fingerprint density at radius 2 is 1.77 bits per heavy atom. The molecule has 1 amide bonds. The fourth-order valence-corrected chi connectivity index (χ4v) is 4.71. The van der Waals surface area contributed by atoms with Crippen LogP contribution in [-0.4, -0.2) is 26.7 Å². The summed E-state index contributed by atoms with van der Waals surface area (Å²) in [6.07, 6.45) is 1.68. The average Bonchev–Trinajstić information content (AvgIpc) is 3.49. The van der Waals surface area contributed by atoms with E-state index in [2.05, 4.69) is 4.98 Å². The van der Waals surface area contributed by atoms with Gasteiger partial charge in [-0.3, -0.25) is 9.59 Å². The quantitative estimate of drug-likeness (QED) is 0.285. The third-order valence-electron chi connectivity index (χ3n) is 5.41. The number of thiophene rings is 1. The van der Waals surface area contributed by atoms with Crippen LogP contribution in [0.3, 0.4) is 0 Å². The van der Waals surface area contributed by atoms with Gasteiger partial charge < -0.3 is 15.0 Å². The predicted molar refractivity (Wildman–Crippen MR) is 117 cm³/mol. The number of carbonyl (C=O) groups is 2. The Bertz CT molecular complexity index is 1270. The summed E-state index contributed by atoms with van der Waals surface area (Å²) in [6, 6.07) is 20.1. The average molecular weight is 414 g/mol. The molecule has 148 valence electrons. The summed E-state index contributed by atoms with van der Waals surface area (Å²) in [5.41, 5.74) is 2.27. The lowest BCUT2D eigenvalue weighted by atomic mass is 9.95. The smallest absolute Gasteiger partial charge is 0.295 e. The third-order valence-corrected chi connectivity index (χ3v) is 6.27. The van der Waals surface area contributed by atoms with Crippen molar-refractivity contribution < 1.29 is 14.7 Å². The molecule has 5 nitrogen and oxygen atoms in total. The van der Waals surface area contributed by atoms with Crippen molar-refractivity contribution in [1.82, 2.24) is 9.88 Å². The van der Waals surface area contributed by atoms with Crippen molar-refractivity contribution in [2.75, 3.05) is 0 Å². The number of hydrogen-bond donors (Lipinski definition) is 2. The summed E-state index contributed by atoms with van der Waals surface area (Å²) < 4.78 is 0. The lowest BCUT2D eigenvalue weighted by molar-refractivity contribution is -0.140. The van der Waals surface area contributed by atoms with E-state index in [-0.39, 0.29) is 11.3 Å². The molecule has 3 heterocycles. The first-order chi connectivity index (χ1) is 14.6. The highest BCUT2D eigenvalue weighted by Gasteiger charge is 2.46. The molecule has 1 aliphatic rings. The molecule has 5 rings (SSSR count). The number of aliphatic hydroxyl groups excluding tert-OH is 1. The molecule has 4 aromatic rings. The Morgan fingerprint density at radius 1 is 1.00 bits per heavy atom. The van der Waals surface area contributed by atoms with Crippen LogP contribution in [0.15, 0.2) is 83.9 Å². The fraction of sp³-hybridized carbons (Fsp3) is 0.0833. The van der Waals surface area contributed by atoms with E-state index in [1.807, 2.05) is 72.1 Å². The van der Waals surface area contributed by atoms with Crippen molar-refractivity contribution in [1.29, 1.82) is 0 Å². The van der Waals surface area contributed by atoms with Gasteiger partial charge in [0.05, 0.1) is 18.2 Å². The van der Waals surface area contributed by atoms with E-state index in [0.29, 0.717) is 12.1 Å². The number of Topliss-reactive ketones (excluding diaryl/α,β-unsaturated/α-hetero) is 1. The highest BCUT2D eigenvalue weighted by molar-refractivity contribution is 7.09. The number of aromatic amines is 1. The van der Waals surface area contributed by atoms with Gasteiger partial charge in [0.15, 0.2) is 0 Å². The maximum absolute atomic E-state index is 13.1. The standard InChI is InChI=1S/C24H18N2O3S/c27-22(18-13-25-19-11-5-4-10-17(18)19)20-21(15-7-2-1-3-8-15)26(24(29)23(20)28)14-16-9-6-12-30-16/h1-13,21,25,27H,14H2/b22-20-. The van der Waals surface area contributed by atoms with Gasteiger partial charge in [-0.2, -0.15) is 0 Å². The Balaban J connectivity index is 1.69. The molecule has 30 heavy (non-hydrogen) atoms. The number of aromatic nitrogens is 1. The zero-order valence-electron chi connectivity index (χ0n) is 15.9. The van der Waals surface area contributed by atoms with Gasteiger partial charge in [0, 0.05) is 27.5 Å². The normalized spacial score (nSPS) is 18.4. The zero-order chi connectivity index (χ0) is 20.7. The zero-order valence-corrected chi connectivity index (χ0v) is 16.7. The molecular weight excluding hydrogens is 396 g/mol. The Labute approximate surface area is 176 Å². The first-order valence-corrected chi connectivity index (χ1v) is 10.5. The summed E-state index contributed by atoms with van der Waals surface area (Å²) in [6.45, 7) is 0.312. The monoisotopic (exact) mass is 414 g/mol. The van der Waals surface area contributed by atoms with E-state index in [9.17, 15) is 14.7 Å². The Morgan fingerprint density at radius 3 is 2.53 bits per heavy atom. The number of rotatable bonds is 4. The van der Waals surface area contributed by atoms with Gasteiger partial charge in [-0.15, -0.1) is 11.3 Å². The number of amides is 1. The van der Waals surface area contributed by atoms with E-state index in [4.69, 9.17) is 0 Å². The molecule has 2 aromatic heterocycles. The van der Waals surface area contributed by atoms with Crippen molar-refractivity contribution in [2.24, 2.45) is 0 Å². The summed E-state index contributed by atoms with van der Waals surface area (Å²) >= 11 is 1.53. The Kier molecular flexibility index (Phi) is 4.48. The predicted octanol–water partition coefficient (Wildman–Crippen LogP) is 4.85. The van der Waals surface area contributed by atoms with E-state index in [1.165, 1.54) is 11.3 Å². The number of likely N-dealkylation sites (tertiary alicyclic amines) is 1. The highest BCUT2D eigenvalue weighted by Crippen LogP contribution is 2.41. The number of para-hydroxylation sites is 1. The van der Waals surface area contributed by atoms with Crippen LogP contribution in [0.4, 0.5) is 0 Å². The molecule has 0 radical (unpaired) electrons. The van der Waals surface area contributed by atoms with Gasteiger partial charge in [-0.25, -0.2) is 0 Å². The summed E-state index contributed by atoms with van der Waals surface area (Å²) in [5.74, 6) is -1.42. The molecule has 1 unspecified atom stereocenters. The molecule has 6 heteroatoms. The summed E-state index contributed by atoms with van der Waals surface area (Å²) in [4.78, 5) is 31.7. The largest absolute Gasteiger partial charge is 0.507 e. The van der Waals surface area contributed by atoms with Crippen molar-refractivity contribution in [3.8, 4) is 0 Å². The first-order valence-electron chi connectivity index (χ1n) is 9.57. The van der Waals surface area contributed by atoms with Crippen LogP contribution in [0.1, 0.15) is 22.0 Å². The minimum absolute atomic E-state index is 0.118.